The van der Waals surface area contributed by atoms with Gasteiger partial charge < -0.3 is 10.1 Å². The minimum atomic E-state index is 0.827. The molecule has 0 bridgehead atoms. The molecule has 0 spiro atoms. The topological polar surface area (TPSA) is 21.3 Å². The van der Waals surface area contributed by atoms with Gasteiger partial charge in [-0.2, -0.15) is 0 Å². The van der Waals surface area contributed by atoms with Gasteiger partial charge in [-0.1, -0.05) is 153 Å². The smallest absolute Gasteiger partial charge is 0.124 e. The Bertz CT molecular complexity index is 771. The molecule has 36 heavy (non-hydrogen) atoms. The Morgan fingerprint density at radius 1 is 0.556 bits per heavy atom. The summed E-state index contributed by atoms with van der Waals surface area (Å²) in [5.41, 5.74) is 1.33. The monoisotopic (exact) mass is 495 g/mol. The first kappa shape index (κ1) is 30.7. The summed E-state index contributed by atoms with van der Waals surface area (Å²) in [5.74, 6) is 1.07. The average molecular weight is 496 g/mol. The normalized spacial score (nSPS) is 11.4. The van der Waals surface area contributed by atoms with Gasteiger partial charge >= 0.3 is 0 Å². The number of hydrogen-bond acceptors (Lipinski definition) is 2. The fourth-order valence-corrected chi connectivity index (χ4v) is 5.18. The van der Waals surface area contributed by atoms with Crippen LogP contribution in [0.5, 0.6) is 5.75 Å². The molecule has 204 valence electrons. The Morgan fingerprint density at radius 2 is 1.08 bits per heavy atom. The molecule has 0 saturated heterocycles. The second-order valence-electron chi connectivity index (χ2n) is 10.8. The van der Waals surface area contributed by atoms with Gasteiger partial charge in [0.05, 0.1) is 6.61 Å². The Morgan fingerprint density at radius 3 is 1.69 bits per heavy atom. The number of rotatable bonds is 24. The molecule has 0 radical (unpaired) electrons. The van der Waals surface area contributed by atoms with E-state index in [2.05, 4.69) is 55.6 Å². The van der Waals surface area contributed by atoms with E-state index in [0.717, 1.165) is 31.9 Å². The van der Waals surface area contributed by atoms with Crippen molar-refractivity contribution in [2.24, 2.45) is 0 Å². The highest BCUT2D eigenvalue weighted by Gasteiger charge is 2.09. The molecule has 0 aromatic heterocycles. The van der Waals surface area contributed by atoms with E-state index in [9.17, 15) is 0 Å². The Labute approximate surface area is 224 Å². The Hall–Kier alpha value is -1.54. The molecule has 2 nitrogen and oxygen atoms in total. The summed E-state index contributed by atoms with van der Waals surface area (Å²) in [5, 5.41) is 6.35. The number of hydrogen-bond donors (Lipinski definition) is 1. The fraction of sp³-hybridized carbons (Fsp3) is 0.706. The largest absolute Gasteiger partial charge is 0.493 e. The molecule has 0 aliphatic rings. The van der Waals surface area contributed by atoms with Crippen molar-refractivity contribution in [2.75, 3.05) is 13.2 Å². The molecule has 2 heteroatoms. The molecule has 0 heterocycles. The zero-order valence-electron chi connectivity index (χ0n) is 23.9. The average Bonchev–Trinajstić information content (AvgIpc) is 2.91. The maximum absolute atomic E-state index is 6.26. The number of fused-ring (bicyclic) bond motifs is 1. The van der Waals surface area contributed by atoms with Crippen molar-refractivity contribution in [1.29, 1.82) is 0 Å². The Kier molecular flexibility index (Phi) is 18.4. The lowest BCUT2D eigenvalue weighted by atomic mass is 10.0. The first-order valence-corrected chi connectivity index (χ1v) is 15.7. The third-order valence-corrected chi connectivity index (χ3v) is 7.51. The zero-order chi connectivity index (χ0) is 25.5. The van der Waals surface area contributed by atoms with E-state index in [0.29, 0.717) is 0 Å². The van der Waals surface area contributed by atoms with Crippen molar-refractivity contribution >= 4 is 10.8 Å². The molecule has 0 saturated carbocycles. The minimum Gasteiger partial charge on any atom is -0.493 e. The summed E-state index contributed by atoms with van der Waals surface area (Å²) in [6, 6.07) is 13.1. The molecule has 2 aromatic rings. The maximum Gasteiger partial charge on any atom is 0.124 e. The molecule has 0 aliphatic heterocycles. The highest BCUT2D eigenvalue weighted by molar-refractivity contribution is 5.87. The number of ether oxygens (including phenoxy) is 1. The summed E-state index contributed by atoms with van der Waals surface area (Å²) >= 11 is 0. The van der Waals surface area contributed by atoms with Crippen molar-refractivity contribution in [1.82, 2.24) is 5.32 Å². The SMILES string of the molecule is CCCCCCCCCCCCCCCCNCc1c(OCCCCCCC)ccc2ccccc12. The molecule has 0 aliphatic carbocycles. The summed E-state index contributed by atoms with van der Waals surface area (Å²) in [6.45, 7) is 7.38. The van der Waals surface area contributed by atoms with Crippen LogP contribution >= 0.6 is 0 Å². The molecule has 2 rings (SSSR count). The Balaban J connectivity index is 1.57. The van der Waals surface area contributed by atoms with Gasteiger partial charge in [0.15, 0.2) is 0 Å². The van der Waals surface area contributed by atoms with Crippen LogP contribution in [0.4, 0.5) is 0 Å². The fourth-order valence-electron chi connectivity index (χ4n) is 5.18. The van der Waals surface area contributed by atoms with E-state index >= 15 is 0 Å². The quantitative estimate of drug-likeness (QED) is 0.146. The minimum absolute atomic E-state index is 0.827. The summed E-state index contributed by atoms with van der Waals surface area (Å²) in [7, 11) is 0. The van der Waals surface area contributed by atoms with Gasteiger partial charge in [-0.25, -0.2) is 0 Å². The van der Waals surface area contributed by atoms with Crippen LogP contribution in [0.25, 0.3) is 10.8 Å². The summed E-state index contributed by atoms with van der Waals surface area (Å²) < 4.78 is 6.26. The molecule has 0 atom stereocenters. The number of benzene rings is 2. The number of unbranched alkanes of at least 4 members (excludes halogenated alkanes) is 17. The third kappa shape index (κ3) is 13.7. The van der Waals surface area contributed by atoms with Crippen LogP contribution < -0.4 is 10.1 Å². The molecule has 0 unspecified atom stereocenters. The first-order chi connectivity index (χ1) is 17.9. The molecular formula is C34H57NO. The van der Waals surface area contributed by atoms with Crippen LogP contribution in [0.15, 0.2) is 36.4 Å². The van der Waals surface area contributed by atoms with Crippen LogP contribution in [-0.4, -0.2) is 13.2 Å². The highest BCUT2D eigenvalue weighted by Crippen LogP contribution is 2.28. The predicted molar refractivity (Wildman–Crippen MR) is 160 cm³/mol. The molecule has 0 fully saturated rings. The zero-order valence-corrected chi connectivity index (χ0v) is 23.9. The van der Waals surface area contributed by atoms with Gasteiger partial charge in [0.2, 0.25) is 0 Å². The first-order valence-electron chi connectivity index (χ1n) is 15.7. The van der Waals surface area contributed by atoms with Gasteiger partial charge in [0.25, 0.3) is 0 Å². The van der Waals surface area contributed by atoms with Crippen LogP contribution in [0.3, 0.4) is 0 Å². The van der Waals surface area contributed by atoms with Crippen molar-refractivity contribution in [3.63, 3.8) is 0 Å². The van der Waals surface area contributed by atoms with Crippen LogP contribution in [-0.2, 0) is 6.54 Å². The van der Waals surface area contributed by atoms with E-state index in [-0.39, 0.29) is 0 Å². The maximum atomic E-state index is 6.26. The lowest BCUT2D eigenvalue weighted by molar-refractivity contribution is 0.301. The highest BCUT2D eigenvalue weighted by atomic mass is 16.5. The van der Waals surface area contributed by atoms with Gasteiger partial charge in [-0.15, -0.1) is 0 Å². The van der Waals surface area contributed by atoms with Crippen molar-refractivity contribution < 1.29 is 4.74 Å². The van der Waals surface area contributed by atoms with E-state index in [1.54, 1.807) is 0 Å². The number of nitrogens with one attached hydrogen (secondary N) is 1. The van der Waals surface area contributed by atoms with E-state index in [1.807, 2.05) is 0 Å². The van der Waals surface area contributed by atoms with E-state index < -0.39 is 0 Å². The van der Waals surface area contributed by atoms with E-state index in [1.165, 1.54) is 132 Å². The van der Waals surface area contributed by atoms with Crippen LogP contribution in [0.2, 0.25) is 0 Å². The molecule has 1 N–H and O–H groups in total. The van der Waals surface area contributed by atoms with Crippen molar-refractivity contribution in [2.45, 2.75) is 142 Å². The van der Waals surface area contributed by atoms with Gasteiger partial charge in [-0.05, 0) is 36.2 Å². The standard InChI is InChI=1S/C34H57NO/c1-3-5-7-9-10-11-12-13-14-15-16-17-18-22-28-35-30-33-32-25-21-20-24-31(32)26-27-34(33)36-29-23-19-8-6-4-2/h20-21,24-27,35H,3-19,22-23,28-30H2,1-2H3. The van der Waals surface area contributed by atoms with Crippen molar-refractivity contribution in [3.8, 4) is 5.75 Å². The molecule has 2 aromatic carbocycles. The lowest BCUT2D eigenvalue weighted by Gasteiger charge is -2.15. The summed E-state index contributed by atoms with van der Waals surface area (Å²) in [4.78, 5) is 0. The second-order valence-corrected chi connectivity index (χ2v) is 10.8. The third-order valence-electron chi connectivity index (χ3n) is 7.51. The van der Waals surface area contributed by atoms with Crippen molar-refractivity contribution in [3.05, 3.63) is 42.0 Å². The molecular weight excluding hydrogens is 438 g/mol. The van der Waals surface area contributed by atoms with Crippen LogP contribution in [0, 0.1) is 0 Å². The van der Waals surface area contributed by atoms with Gasteiger partial charge in [0.1, 0.15) is 5.75 Å². The summed E-state index contributed by atoms with van der Waals surface area (Å²) in [6.07, 6.45) is 26.2. The van der Waals surface area contributed by atoms with Gasteiger partial charge in [-0.3, -0.25) is 0 Å². The van der Waals surface area contributed by atoms with Gasteiger partial charge in [0, 0.05) is 12.1 Å². The molecule has 0 amide bonds. The predicted octanol–water partition coefficient (Wildman–Crippen LogP) is 10.8. The van der Waals surface area contributed by atoms with Crippen LogP contribution in [0.1, 0.15) is 141 Å². The lowest BCUT2D eigenvalue weighted by Crippen LogP contribution is -2.16. The second kappa shape index (κ2) is 21.5. The van der Waals surface area contributed by atoms with E-state index in [4.69, 9.17) is 4.74 Å².